The number of carbonyl (C=O) groups excluding carboxylic acids is 2. The fourth-order valence-corrected chi connectivity index (χ4v) is 9.93. The number of phenolic OH excluding ortho intramolecular Hbond substituents is 2. The Morgan fingerprint density at radius 1 is 0.600 bits per heavy atom. The lowest BCUT2D eigenvalue weighted by molar-refractivity contribution is -0.118. The number of benzene rings is 4. The summed E-state index contributed by atoms with van der Waals surface area (Å²) >= 11 is 0. The zero-order chi connectivity index (χ0) is 40.0. The molecule has 2 aliphatic rings. The molecule has 0 radical (unpaired) electrons. The minimum atomic E-state index is -4.01. The lowest BCUT2D eigenvalue weighted by atomic mass is 10.1. The van der Waals surface area contributed by atoms with Gasteiger partial charge in [0.1, 0.15) is 24.6 Å². The number of sulfonamides is 2. The Bertz CT molecular complexity index is 2510. The number of aromatic hydroxyl groups is 2. The number of nitrogens with one attached hydrogen (secondary N) is 4. The Hall–Kier alpha value is -5.26. The van der Waals surface area contributed by atoms with E-state index in [9.17, 15) is 53.5 Å². The largest absolute Gasteiger partial charge is 0.506 e. The van der Waals surface area contributed by atoms with Crippen LogP contribution in [0.4, 0.5) is 11.4 Å². The minimum absolute atomic E-state index is 0.0215. The van der Waals surface area contributed by atoms with Crippen molar-refractivity contribution in [3.8, 4) is 11.5 Å². The van der Waals surface area contributed by atoms with Crippen LogP contribution in [0.2, 0.25) is 0 Å². The van der Waals surface area contributed by atoms with Crippen molar-refractivity contribution in [1.29, 1.82) is 0 Å². The predicted molar refractivity (Wildman–Crippen MR) is 201 cm³/mol. The van der Waals surface area contributed by atoms with Crippen LogP contribution in [0.15, 0.2) is 102 Å². The average molecular weight is 837 g/mol. The fraction of sp³-hybridized carbons (Fsp3) is 0.212. The zero-order valence-electron chi connectivity index (χ0n) is 28.7. The van der Waals surface area contributed by atoms with Crippen LogP contribution in [-0.2, 0) is 68.6 Å². The van der Waals surface area contributed by atoms with E-state index in [2.05, 4.69) is 9.44 Å². The first-order chi connectivity index (χ1) is 25.8. The number of carbonyl (C=O) groups is 2. The molecule has 2 aliphatic heterocycles. The highest BCUT2D eigenvalue weighted by atomic mass is 32.2. The molecule has 6 N–H and O–H groups in total. The number of hydrogen-bond donors (Lipinski definition) is 6. The van der Waals surface area contributed by atoms with Crippen molar-refractivity contribution in [2.45, 2.75) is 23.5 Å². The second kappa shape index (κ2) is 16.6. The third-order valence-corrected chi connectivity index (χ3v) is 13.6. The first-order valence-corrected chi connectivity index (χ1v) is 22.2. The van der Waals surface area contributed by atoms with E-state index in [1.807, 2.05) is 9.44 Å². The van der Waals surface area contributed by atoms with E-state index in [1.165, 1.54) is 36.4 Å². The van der Waals surface area contributed by atoms with Gasteiger partial charge in [0.25, 0.3) is 11.8 Å². The molecule has 4 aromatic rings. The maximum Gasteiger partial charge on any atom is 0.326 e. The Balaban J connectivity index is 0.000000211. The van der Waals surface area contributed by atoms with E-state index in [0.29, 0.717) is 23.1 Å². The van der Waals surface area contributed by atoms with Gasteiger partial charge in [-0.3, -0.25) is 9.59 Å². The molecule has 6 rings (SSSR count). The van der Waals surface area contributed by atoms with E-state index >= 15 is 0 Å². The van der Waals surface area contributed by atoms with Crippen LogP contribution in [0, 0.1) is 0 Å². The van der Waals surface area contributed by atoms with Crippen LogP contribution >= 0.6 is 0 Å². The number of phenols is 2. The maximum absolute atomic E-state index is 12.1. The molecule has 0 spiro atoms. The summed E-state index contributed by atoms with van der Waals surface area (Å²) in [6.45, 7) is -0.602. The molecule has 0 atom stereocenters. The van der Waals surface area contributed by atoms with E-state index < -0.39 is 65.4 Å². The molecule has 0 aliphatic carbocycles. The molecule has 294 valence electrons. The number of nitrogens with zero attached hydrogens (tertiary/aromatic N) is 2. The molecule has 18 nitrogen and oxygen atoms in total. The molecule has 2 heterocycles. The van der Waals surface area contributed by atoms with Crippen LogP contribution in [0.5, 0.6) is 11.5 Å². The maximum atomic E-state index is 12.1. The van der Waals surface area contributed by atoms with Crippen molar-refractivity contribution < 1.29 is 53.5 Å². The quantitative estimate of drug-likeness (QED) is 0.106. The third kappa shape index (κ3) is 10.7. The summed E-state index contributed by atoms with van der Waals surface area (Å²) in [4.78, 5) is 22.8. The Morgan fingerprint density at radius 3 is 1.45 bits per heavy atom. The van der Waals surface area contributed by atoms with Gasteiger partial charge in [-0.25, -0.2) is 44.3 Å². The van der Waals surface area contributed by atoms with Gasteiger partial charge in [0.05, 0.1) is 22.0 Å². The van der Waals surface area contributed by atoms with Gasteiger partial charge < -0.3 is 10.2 Å². The first-order valence-electron chi connectivity index (χ1n) is 16.2. The van der Waals surface area contributed by atoms with Crippen LogP contribution in [0.1, 0.15) is 16.7 Å². The molecule has 0 bridgehead atoms. The van der Waals surface area contributed by atoms with Gasteiger partial charge in [-0.1, -0.05) is 60.7 Å². The summed E-state index contributed by atoms with van der Waals surface area (Å²) in [7, 11) is -15.2. The lowest BCUT2D eigenvalue weighted by Gasteiger charge is -2.16. The van der Waals surface area contributed by atoms with Gasteiger partial charge in [0.15, 0.2) is 0 Å². The molecule has 0 saturated carbocycles. The highest BCUT2D eigenvalue weighted by molar-refractivity contribution is 7.92. The Labute approximate surface area is 318 Å². The lowest BCUT2D eigenvalue weighted by Crippen LogP contribution is -2.29. The summed E-state index contributed by atoms with van der Waals surface area (Å²) < 4.78 is 106. The van der Waals surface area contributed by atoms with Crippen molar-refractivity contribution in [3.63, 3.8) is 0 Å². The molecular weight excluding hydrogens is 801 g/mol. The Morgan fingerprint density at radius 2 is 1.04 bits per heavy atom. The second-order valence-corrected chi connectivity index (χ2v) is 18.8. The van der Waals surface area contributed by atoms with Crippen LogP contribution in [-0.4, -0.2) is 81.9 Å². The molecule has 4 aromatic carbocycles. The van der Waals surface area contributed by atoms with Gasteiger partial charge in [-0.05, 0) is 65.9 Å². The molecule has 0 unspecified atom stereocenters. The Kier molecular flexibility index (Phi) is 12.4. The van der Waals surface area contributed by atoms with E-state index in [4.69, 9.17) is 0 Å². The minimum Gasteiger partial charge on any atom is -0.506 e. The number of rotatable bonds is 13. The number of anilines is 2. The summed E-state index contributed by atoms with van der Waals surface area (Å²) in [5.41, 5.74) is 1.84. The summed E-state index contributed by atoms with van der Waals surface area (Å²) in [5.74, 6) is -2.14. The third-order valence-electron chi connectivity index (χ3n) is 7.95. The molecule has 2 fully saturated rings. The van der Waals surface area contributed by atoms with E-state index in [1.54, 1.807) is 60.7 Å². The molecule has 55 heavy (non-hydrogen) atoms. The normalized spacial score (nSPS) is 16.2. The van der Waals surface area contributed by atoms with Gasteiger partial charge in [0.2, 0.25) is 20.0 Å². The van der Waals surface area contributed by atoms with Crippen molar-refractivity contribution in [2.24, 2.45) is 0 Å². The number of amides is 2. The molecule has 22 heteroatoms. The van der Waals surface area contributed by atoms with Crippen LogP contribution < -0.4 is 27.5 Å². The summed E-state index contributed by atoms with van der Waals surface area (Å²) in [6, 6.07) is 25.3. The van der Waals surface area contributed by atoms with E-state index in [-0.39, 0.29) is 53.0 Å². The number of hydrogen-bond acceptors (Lipinski definition) is 12. The smallest absolute Gasteiger partial charge is 0.326 e. The predicted octanol–water partition coefficient (Wildman–Crippen LogP) is 0.330. The molecule has 2 saturated heterocycles. The van der Waals surface area contributed by atoms with Crippen molar-refractivity contribution in [1.82, 2.24) is 18.9 Å². The monoisotopic (exact) mass is 836 g/mol. The highest BCUT2D eigenvalue weighted by Gasteiger charge is 2.36. The second-order valence-electron chi connectivity index (χ2n) is 12.1. The highest BCUT2D eigenvalue weighted by Crippen LogP contribution is 2.32. The topological polar surface area (TPSA) is 266 Å². The van der Waals surface area contributed by atoms with Crippen molar-refractivity contribution in [2.75, 3.05) is 34.8 Å². The summed E-state index contributed by atoms with van der Waals surface area (Å²) in [6.07, 6.45) is 0.579. The van der Waals surface area contributed by atoms with Gasteiger partial charge in [-0.15, -0.1) is 0 Å². The van der Waals surface area contributed by atoms with Gasteiger partial charge in [0, 0.05) is 13.1 Å². The van der Waals surface area contributed by atoms with Crippen LogP contribution in [0.3, 0.4) is 0 Å². The van der Waals surface area contributed by atoms with Gasteiger partial charge >= 0.3 is 20.4 Å². The molecule has 0 aromatic heterocycles. The van der Waals surface area contributed by atoms with E-state index in [0.717, 1.165) is 8.61 Å². The summed E-state index contributed by atoms with van der Waals surface area (Å²) in [5, 5.41) is 20.3. The average Bonchev–Trinajstić information content (AvgIpc) is 3.55. The SMILES string of the molecule is O=C1CN(c2ccc(CCNS(=O)(=O)Cc3ccccc3)cc2O)S(=O)(=O)N1.O=C1CN(c2ccc(CCNS(=O)(=O)c3ccccc3)cc2O)S(=O)(=O)N1. The van der Waals surface area contributed by atoms with Crippen LogP contribution in [0.25, 0.3) is 0 Å². The molecular formula is C33H36N6O12S4. The van der Waals surface area contributed by atoms with Gasteiger partial charge in [-0.2, -0.15) is 16.8 Å². The van der Waals surface area contributed by atoms with Crippen molar-refractivity contribution >= 4 is 63.7 Å². The zero-order valence-corrected chi connectivity index (χ0v) is 32.0. The standard InChI is InChI=1S/C17H19N3O6S2.C16H17N3O6S2/c21-16-10-13(6-7-15(16)20-11-17(22)19-28(20,25)26)8-9-18-27(23,24)12-14-4-2-1-3-5-14;20-15-10-12(6-7-14(15)19-11-16(21)18-27(19,24)25)8-9-17-26(22,23)13-4-2-1-3-5-13/h1-7,10,18,21H,8-9,11-12H2,(H,19,22);1-7,10,17,20H,8-9,11H2,(H,18,21). The molecule has 2 amide bonds. The first kappa shape index (κ1) is 40.9. The fourth-order valence-electron chi connectivity index (χ4n) is 5.40. The van der Waals surface area contributed by atoms with Crippen molar-refractivity contribution in [3.05, 3.63) is 114 Å².